The average Bonchev–Trinajstić information content (AvgIpc) is 3.59. The quantitative estimate of drug-likeness (QED) is 0.106. The molecule has 2 aliphatic rings. The molecule has 4 heterocycles. The van der Waals surface area contributed by atoms with E-state index in [9.17, 15) is 24.3 Å². The minimum atomic E-state index is -0.923. The highest BCUT2D eigenvalue weighted by molar-refractivity contribution is 6.13. The predicted octanol–water partition coefficient (Wildman–Crippen LogP) is 4.85. The van der Waals surface area contributed by atoms with Crippen LogP contribution >= 0.6 is 0 Å². The third-order valence-corrected chi connectivity index (χ3v) is 10.9. The molecule has 14 nitrogen and oxygen atoms in total. The number of aromatic hydroxyl groups is 1. The highest BCUT2D eigenvalue weighted by Crippen LogP contribution is 2.32. The lowest BCUT2D eigenvalue weighted by atomic mass is 9.97. The van der Waals surface area contributed by atoms with Crippen LogP contribution in [0.1, 0.15) is 39.9 Å². The van der Waals surface area contributed by atoms with Crippen molar-refractivity contribution >= 4 is 40.2 Å². The van der Waals surface area contributed by atoms with E-state index in [-0.39, 0.29) is 68.4 Å². The van der Waals surface area contributed by atoms with Gasteiger partial charge in [0, 0.05) is 57.2 Å². The Labute approximate surface area is 350 Å². The predicted molar refractivity (Wildman–Crippen MR) is 229 cm³/mol. The summed E-state index contributed by atoms with van der Waals surface area (Å²) in [5.41, 5.74) is 4.32. The first-order valence-corrected chi connectivity index (χ1v) is 20.2. The fourth-order valence-corrected chi connectivity index (χ4v) is 8.13. The number of nitrogens with one attached hydrogen (secondary N) is 1. The van der Waals surface area contributed by atoms with E-state index >= 15 is 0 Å². The average molecular weight is 813 g/mol. The molecule has 0 radical (unpaired) electrons. The molecule has 0 aliphatic carbocycles. The van der Waals surface area contributed by atoms with E-state index in [0.717, 1.165) is 35.2 Å². The van der Waals surface area contributed by atoms with Crippen molar-refractivity contribution in [2.45, 2.75) is 44.4 Å². The number of hydrogen-bond donors (Lipinski definition) is 2. The molecule has 312 valence electrons. The van der Waals surface area contributed by atoms with Gasteiger partial charge < -0.3 is 34.4 Å². The van der Waals surface area contributed by atoms with Gasteiger partial charge in [-0.05, 0) is 61.8 Å². The molecule has 2 fully saturated rings. The van der Waals surface area contributed by atoms with Crippen LogP contribution < -0.4 is 10.1 Å². The van der Waals surface area contributed by atoms with Gasteiger partial charge in [-0.3, -0.25) is 19.2 Å². The molecule has 0 saturated carbocycles. The van der Waals surface area contributed by atoms with Gasteiger partial charge in [0.1, 0.15) is 18.0 Å². The number of aromatic nitrogens is 2. The van der Waals surface area contributed by atoms with Crippen LogP contribution in [0, 0.1) is 0 Å². The zero-order valence-electron chi connectivity index (χ0n) is 34.4. The molecule has 2 aliphatic heterocycles. The molecule has 2 saturated heterocycles. The molecule has 0 unspecified atom stereocenters. The maximum Gasteiger partial charge on any atom is 0.257 e. The van der Waals surface area contributed by atoms with E-state index in [4.69, 9.17) is 4.74 Å². The Bertz CT molecular complexity index is 2330. The largest absolute Gasteiger partial charge is 0.508 e. The number of anilines is 1. The smallest absolute Gasteiger partial charge is 0.257 e. The number of phenolic OH excluding ortho intramolecular Hbond substituents is 1. The number of aryl methyl sites for hydroxylation is 2. The fourth-order valence-electron chi connectivity index (χ4n) is 8.13. The number of rotatable bonds is 16. The molecule has 14 heteroatoms. The van der Waals surface area contributed by atoms with Crippen molar-refractivity contribution in [3.8, 4) is 11.6 Å². The highest BCUT2D eigenvalue weighted by atomic mass is 16.5. The van der Waals surface area contributed by atoms with Crippen LogP contribution in [0.4, 0.5) is 5.69 Å². The summed E-state index contributed by atoms with van der Waals surface area (Å²) in [7, 11) is 5.88. The summed E-state index contributed by atoms with van der Waals surface area (Å²) in [5.74, 6) is -0.435. The first-order valence-electron chi connectivity index (χ1n) is 20.2. The van der Waals surface area contributed by atoms with Crippen molar-refractivity contribution in [2.75, 3.05) is 52.2 Å². The molecular weight excluding hydrogens is 761 g/mol. The Morgan fingerprint density at radius 2 is 1.78 bits per heavy atom. The van der Waals surface area contributed by atoms with Crippen LogP contribution in [0.15, 0.2) is 110 Å². The fraction of sp³-hybridized carbons (Fsp3) is 0.326. The van der Waals surface area contributed by atoms with Crippen molar-refractivity contribution in [1.29, 1.82) is 0 Å². The lowest BCUT2D eigenvalue weighted by Gasteiger charge is -2.55. The molecule has 7 rings (SSSR count). The maximum absolute atomic E-state index is 14.7. The van der Waals surface area contributed by atoms with E-state index in [2.05, 4.69) is 21.8 Å². The third-order valence-electron chi connectivity index (χ3n) is 10.9. The second-order valence-corrected chi connectivity index (χ2v) is 15.6. The van der Waals surface area contributed by atoms with Crippen molar-refractivity contribution < 1.29 is 29.0 Å². The zero-order chi connectivity index (χ0) is 42.3. The van der Waals surface area contributed by atoms with E-state index in [1.807, 2.05) is 74.2 Å². The Kier molecular flexibility index (Phi) is 12.9. The lowest BCUT2D eigenvalue weighted by Crippen LogP contribution is -2.75. The Balaban J connectivity index is 1.16. The van der Waals surface area contributed by atoms with E-state index in [1.165, 1.54) is 0 Å². The normalized spacial score (nSPS) is 17.0. The van der Waals surface area contributed by atoms with Gasteiger partial charge >= 0.3 is 0 Å². The molecule has 2 aromatic heterocycles. The minimum Gasteiger partial charge on any atom is -0.508 e. The molecule has 3 aromatic carbocycles. The number of benzene rings is 3. The van der Waals surface area contributed by atoms with Gasteiger partial charge in [0.25, 0.3) is 5.91 Å². The molecule has 60 heavy (non-hydrogen) atoms. The number of piperazine rings is 1. The summed E-state index contributed by atoms with van der Waals surface area (Å²) < 4.78 is 7.63. The number of carbonyl (C=O) groups excluding carboxylic acids is 4. The second kappa shape index (κ2) is 18.6. The number of para-hydroxylation sites is 1. The Hall–Kier alpha value is -6.51. The second-order valence-electron chi connectivity index (χ2n) is 15.6. The molecule has 2 N–H and O–H groups in total. The van der Waals surface area contributed by atoms with E-state index in [0.29, 0.717) is 35.5 Å². The summed E-state index contributed by atoms with van der Waals surface area (Å²) in [6, 6.07) is 24.6. The standard InChI is InChI=1S/C46H52N8O6/c1-5-23-52-31-43(57)53-39(26-33-15-19-36(55)20-16-33)46(59)51(30-41(53)54(52)42(56)22-17-32-11-7-6-8-12-32)28-34-13-9-14-37-38(29-50(4)44(34)37)45(58)48-35-18-21-40(47-27-35)60-25-10-24-49(2)3/h5-9,11-16,18-21,27,29,39,41,55H,1,10,17,22-26,28,30-31H2,2-4H3,(H,48,58)/t39-,41-/m0/s1. The number of hydrogen-bond acceptors (Lipinski definition) is 9. The van der Waals surface area contributed by atoms with Crippen LogP contribution in [-0.2, 0) is 40.8 Å². The Morgan fingerprint density at radius 1 is 1.00 bits per heavy atom. The van der Waals surface area contributed by atoms with Gasteiger partial charge in [0.2, 0.25) is 23.6 Å². The van der Waals surface area contributed by atoms with Crippen molar-refractivity contribution in [1.82, 2.24) is 34.3 Å². The van der Waals surface area contributed by atoms with Gasteiger partial charge in [-0.25, -0.2) is 15.0 Å². The summed E-state index contributed by atoms with van der Waals surface area (Å²) in [4.78, 5) is 66.6. The van der Waals surface area contributed by atoms with Gasteiger partial charge in [-0.1, -0.05) is 66.7 Å². The number of pyridine rings is 1. The monoisotopic (exact) mass is 812 g/mol. The topological polar surface area (TPSA) is 144 Å². The van der Waals surface area contributed by atoms with Gasteiger partial charge in [-0.2, -0.15) is 0 Å². The molecule has 4 amide bonds. The number of nitrogens with zero attached hydrogens (tertiary/aromatic N) is 7. The number of hydrazine groups is 1. The summed E-state index contributed by atoms with van der Waals surface area (Å²) in [6.07, 6.45) is 5.97. The zero-order valence-corrected chi connectivity index (χ0v) is 34.4. The van der Waals surface area contributed by atoms with Gasteiger partial charge in [0.15, 0.2) is 0 Å². The first-order chi connectivity index (χ1) is 29.0. The lowest BCUT2D eigenvalue weighted by molar-refractivity contribution is -0.205. The van der Waals surface area contributed by atoms with Crippen molar-refractivity contribution in [3.05, 3.63) is 132 Å². The van der Waals surface area contributed by atoms with Crippen LogP contribution in [0.25, 0.3) is 10.9 Å². The van der Waals surface area contributed by atoms with Crippen LogP contribution in [0.3, 0.4) is 0 Å². The number of amides is 4. The molecule has 0 spiro atoms. The van der Waals surface area contributed by atoms with Gasteiger partial charge in [0.05, 0.1) is 42.7 Å². The van der Waals surface area contributed by atoms with Crippen LogP contribution in [0.2, 0.25) is 0 Å². The summed E-state index contributed by atoms with van der Waals surface area (Å²) in [6.45, 7) is 5.74. The van der Waals surface area contributed by atoms with Crippen LogP contribution in [0.5, 0.6) is 11.6 Å². The first kappa shape index (κ1) is 41.6. The van der Waals surface area contributed by atoms with Crippen molar-refractivity contribution in [2.24, 2.45) is 7.05 Å². The molecule has 5 aromatic rings. The summed E-state index contributed by atoms with van der Waals surface area (Å²) >= 11 is 0. The molecule has 2 atom stereocenters. The highest BCUT2D eigenvalue weighted by Gasteiger charge is 2.51. The van der Waals surface area contributed by atoms with Gasteiger partial charge in [-0.15, -0.1) is 6.58 Å². The number of carbonyl (C=O) groups is 4. The minimum absolute atomic E-state index is 0.0673. The van der Waals surface area contributed by atoms with Crippen molar-refractivity contribution in [3.63, 3.8) is 0 Å². The van der Waals surface area contributed by atoms with E-state index < -0.39 is 12.2 Å². The Morgan fingerprint density at radius 3 is 2.50 bits per heavy atom. The maximum atomic E-state index is 14.7. The number of phenols is 1. The molecule has 0 bridgehead atoms. The third kappa shape index (κ3) is 9.35. The molecular formula is C46H52N8O6. The SMILES string of the molecule is C=CCN1CC(=O)N2[C@@H](Cc3ccc(O)cc3)C(=O)N(Cc3cccc4c(C(=O)Nc5ccc(OCCCN(C)C)nc5)cn(C)c34)C[C@@H]2N1C(=O)CCc1ccccc1. The number of fused-ring (bicyclic) bond motifs is 2. The summed E-state index contributed by atoms with van der Waals surface area (Å²) in [5, 5.41) is 17.0. The van der Waals surface area contributed by atoms with Crippen LogP contribution in [-0.4, -0.2) is 122 Å². The number of ether oxygens (including phenoxy) is 1. The van der Waals surface area contributed by atoms with E-state index in [1.54, 1.807) is 74.7 Å².